The lowest BCUT2D eigenvalue weighted by Gasteiger charge is -2.39. The van der Waals surface area contributed by atoms with Crippen molar-refractivity contribution < 1.29 is 14.0 Å². The lowest BCUT2D eigenvalue weighted by Crippen LogP contribution is -2.46. The summed E-state index contributed by atoms with van der Waals surface area (Å²) in [5.74, 6) is 1.15. The largest absolute Gasteiger partial charge is 0.345 e. The predicted octanol–water partition coefficient (Wildman–Crippen LogP) is 6.24. The van der Waals surface area contributed by atoms with Gasteiger partial charge in [0.25, 0.3) is 0 Å². The van der Waals surface area contributed by atoms with E-state index in [0.29, 0.717) is 23.8 Å². The van der Waals surface area contributed by atoms with Crippen molar-refractivity contribution in [1.82, 2.24) is 15.1 Å². The Morgan fingerprint density at radius 3 is 2.14 bits per heavy atom. The van der Waals surface area contributed by atoms with Gasteiger partial charge >= 0.3 is 0 Å². The van der Waals surface area contributed by atoms with E-state index < -0.39 is 0 Å². The highest BCUT2D eigenvalue weighted by molar-refractivity contribution is 5.86. The molecule has 0 radical (unpaired) electrons. The second kappa shape index (κ2) is 16.7. The molecule has 0 saturated carbocycles. The molecule has 1 spiro atoms. The van der Waals surface area contributed by atoms with Crippen LogP contribution < -0.4 is 5.32 Å². The fourth-order valence-corrected chi connectivity index (χ4v) is 5.51. The maximum absolute atomic E-state index is 12.7. The molecule has 0 aromatic heterocycles. The van der Waals surface area contributed by atoms with Gasteiger partial charge in [-0.25, -0.2) is 4.39 Å². The van der Waals surface area contributed by atoms with Crippen LogP contribution in [-0.4, -0.2) is 60.9 Å². The van der Waals surface area contributed by atoms with Crippen molar-refractivity contribution in [2.24, 2.45) is 11.3 Å². The summed E-state index contributed by atoms with van der Waals surface area (Å²) in [7, 11) is 0. The normalized spacial score (nSPS) is 24.6. The van der Waals surface area contributed by atoms with E-state index >= 15 is 0 Å². The van der Waals surface area contributed by atoms with Crippen molar-refractivity contribution in [2.45, 2.75) is 99.0 Å². The molecule has 4 rings (SSSR count). The van der Waals surface area contributed by atoms with Gasteiger partial charge in [-0.05, 0) is 75.1 Å². The number of hydrogen-bond acceptors (Lipinski definition) is 3. The number of benzene rings is 1. The zero-order chi connectivity index (χ0) is 27.1. The highest BCUT2D eigenvalue weighted by Gasteiger charge is 2.55. The Kier molecular flexibility index (Phi) is 14.9. The van der Waals surface area contributed by atoms with E-state index in [2.05, 4.69) is 44.8 Å². The summed E-state index contributed by atoms with van der Waals surface area (Å²) in [4.78, 5) is 27.3. The number of halogens is 1. The predicted molar refractivity (Wildman–Crippen MR) is 148 cm³/mol. The number of nitrogens with one attached hydrogen (secondary N) is 1. The number of carbonyl (C=O) groups excluding carboxylic acids is 2. The maximum Gasteiger partial charge on any atom is 0.229 e. The first-order chi connectivity index (χ1) is 17.3. The SMILES string of the molecule is CC.CCC.CCCN1C(=O)C2(CCN(C=O)CC2)C(C)C1C.Fc1ccc(C2CCCNC2)cc1. The van der Waals surface area contributed by atoms with E-state index in [0.717, 1.165) is 58.4 Å². The molecule has 6 heteroatoms. The molecule has 3 aliphatic rings. The minimum Gasteiger partial charge on any atom is -0.345 e. The summed E-state index contributed by atoms with van der Waals surface area (Å²) in [5.41, 5.74) is 1.06. The van der Waals surface area contributed by atoms with Crippen molar-refractivity contribution in [3.63, 3.8) is 0 Å². The molecule has 1 N–H and O–H groups in total. The minimum atomic E-state index is -0.200. The number of amides is 2. The third kappa shape index (κ3) is 8.29. The van der Waals surface area contributed by atoms with E-state index in [1.807, 2.05) is 26.0 Å². The van der Waals surface area contributed by atoms with Gasteiger partial charge in [-0.1, -0.05) is 60.1 Å². The molecule has 3 atom stereocenters. The summed E-state index contributed by atoms with van der Waals surface area (Å²) >= 11 is 0. The van der Waals surface area contributed by atoms with Gasteiger partial charge in [0.1, 0.15) is 5.82 Å². The van der Waals surface area contributed by atoms with Gasteiger partial charge in [-0.15, -0.1) is 0 Å². The van der Waals surface area contributed by atoms with Crippen molar-refractivity contribution in [3.05, 3.63) is 35.6 Å². The molecule has 5 nitrogen and oxygen atoms in total. The van der Waals surface area contributed by atoms with Gasteiger partial charge in [0.05, 0.1) is 5.41 Å². The van der Waals surface area contributed by atoms with Crippen LogP contribution in [0.2, 0.25) is 0 Å². The van der Waals surface area contributed by atoms with Gasteiger partial charge in [0.15, 0.2) is 0 Å². The Balaban J connectivity index is 0.000000316. The molecule has 0 aliphatic carbocycles. The molecule has 3 heterocycles. The Labute approximate surface area is 220 Å². The van der Waals surface area contributed by atoms with Crippen molar-refractivity contribution in [2.75, 3.05) is 32.7 Å². The molecular weight excluding hydrogens is 453 g/mol. The van der Waals surface area contributed by atoms with Crippen molar-refractivity contribution in [1.29, 1.82) is 0 Å². The molecule has 1 aromatic rings. The highest BCUT2D eigenvalue weighted by atomic mass is 19.1. The topological polar surface area (TPSA) is 52.7 Å². The van der Waals surface area contributed by atoms with E-state index in [1.165, 1.54) is 24.8 Å². The van der Waals surface area contributed by atoms with E-state index in [1.54, 1.807) is 17.0 Å². The van der Waals surface area contributed by atoms with Crippen LogP contribution in [0.1, 0.15) is 98.5 Å². The summed E-state index contributed by atoms with van der Waals surface area (Å²) in [6.07, 6.45) is 7.27. The Hall–Kier alpha value is -1.95. The molecule has 0 bridgehead atoms. The van der Waals surface area contributed by atoms with Crippen LogP contribution in [0.25, 0.3) is 0 Å². The summed E-state index contributed by atoms with van der Waals surface area (Å²) in [5, 5.41) is 3.35. The monoisotopic (exact) mass is 505 g/mol. The third-order valence-corrected chi connectivity index (χ3v) is 7.72. The first kappa shape index (κ1) is 32.1. The summed E-state index contributed by atoms with van der Waals surface area (Å²) in [6.45, 7) is 19.2. The Morgan fingerprint density at radius 2 is 1.67 bits per heavy atom. The Morgan fingerprint density at radius 1 is 1.08 bits per heavy atom. The first-order valence-electron chi connectivity index (χ1n) is 14.3. The fourth-order valence-electron chi connectivity index (χ4n) is 5.51. The smallest absolute Gasteiger partial charge is 0.229 e. The molecule has 3 fully saturated rings. The van der Waals surface area contributed by atoms with Gasteiger partial charge in [-0.3, -0.25) is 9.59 Å². The Bertz CT molecular complexity index is 741. The second-order valence-corrected chi connectivity index (χ2v) is 10.1. The average Bonchev–Trinajstić information content (AvgIpc) is 3.08. The van der Waals surface area contributed by atoms with Gasteiger partial charge in [0, 0.05) is 32.2 Å². The molecule has 3 unspecified atom stereocenters. The number of rotatable bonds is 4. The van der Waals surface area contributed by atoms with Crippen molar-refractivity contribution >= 4 is 12.3 Å². The van der Waals surface area contributed by atoms with Crippen LogP contribution in [0.4, 0.5) is 4.39 Å². The molecule has 2 amide bonds. The molecule has 3 aliphatic heterocycles. The molecule has 3 saturated heterocycles. The fraction of sp³-hybridized carbons (Fsp3) is 0.733. The van der Waals surface area contributed by atoms with E-state index in [9.17, 15) is 14.0 Å². The lowest BCUT2D eigenvalue weighted by atomic mass is 9.69. The third-order valence-electron chi connectivity index (χ3n) is 7.72. The van der Waals surface area contributed by atoms with Crippen LogP contribution in [0.15, 0.2) is 24.3 Å². The van der Waals surface area contributed by atoms with Crippen LogP contribution in [0.5, 0.6) is 0 Å². The zero-order valence-electron chi connectivity index (χ0n) is 24.0. The van der Waals surface area contributed by atoms with Crippen LogP contribution in [0, 0.1) is 17.2 Å². The van der Waals surface area contributed by atoms with Gasteiger partial charge in [-0.2, -0.15) is 0 Å². The summed E-state index contributed by atoms with van der Waals surface area (Å²) < 4.78 is 12.6. The molecular formula is C30H52FN3O2. The van der Waals surface area contributed by atoms with Crippen molar-refractivity contribution in [3.8, 4) is 0 Å². The van der Waals surface area contributed by atoms with Crippen LogP contribution in [0.3, 0.4) is 0 Å². The second-order valence-electron chi connectivity index (χ2n) is 10.1. The zero-order valence-corrected chi connectivity index (χ0v) is 24.0. The average molecular weight is 506 g/mol. The van der Waals surface area contributed by atoms with Crippen LogP contribution in [-0.2, 0) is 9.59 Å². The standard InChI is InChI=1S/C14H24N2O2.C11H14FN.C3H8.C2H6/c1-4-7-16-12(3)11(2)14(13(16)18)5-8-15(10-17)9-6-14;12-11-5-3-9(4-6-11)10-2-1-7-13-8-10;1-3-2;1-2/h10-12H,4-9H2,1-3H3;3-6,10,13H,1-2,7-8H2;3H2,1-2H3;1-2H3. The molecule has 1 aromatic carbocycles. The number of hydrogen-bond donors (Lipinski definition) is 1. The highest BCUT2D eigenvalue weighted by Crippen LogP contribution is 2.48. The summed E-state index contributed by atoms with van der Waals surface area (Å²) in [6, 6.07) is 7.22. The maximum atomic E-state index is 12.7. The van der Waals surface area contributed by atoms with E-state index in [-0.39, 0.29) is 11.2 Å². The van der Waals surface area contributed by atoms with Gasteiger partial charge < -0.3 is 15.1 Å². The first-order valence-corrected chi connectivity index (χ1v) is 14.3. The van der Waals surface area contributed by atoms with E-state index in [4.69, 9.17) is 0 Å². The number of piperidine rings is 2. The van der Waals surface area contributed by atoms with Gasteiger partial charge in [0.2, 0.25) is 12.3 Å². The molecule has 36 heavy (non-hydrogen) atoms. The number of carbonyl (C=O) groups is 2. The number of nitrogens with zero attached hydrogens (tertiary/aromatic N) is 2. The quantitative estimate of drug-likeness (QED) is 0.493. The lowest BCUT2D eigenvalue weighted by molar-refractivity contribution is -0.141. The van der Waals surface area contributed by atoms with Crippen LogP contribution >= 0.6 is 0 Å². The minimum absolute atomic E-state index is 0.146. The number of likely N-dealkylation sites (tertiary alicyclic amines) is 2. The molecule has 206 valence electrons.